The van der Waals surface area contributed by atoms with E-state index >= 15 is 0 Å². The van der Waals surface area contributed by atoms with Crippen molar-refractivity contribution in [2.24, 2.45) is 5.92 Å². The highest BCUT2D eigenvalue weighted by molar-refractivity contribution is 5.86. The fourth-order valence-corrected chi connectivity index (χ4v) is 3.32. The monoisotopic (exact) mass is 272 g/mol. The summed E-state index contributed by atoms with van der Waals surface area (Å²) in [7, 11) is 0. The van der Waals surface area contributed by atoms with E-state index < -0.39 is 0 Å². The summed E-state index contributed by atoms with van der Waals surface area (Å²) in [5.74, 6) is 0.976. The molecule has 20 heavy (non-hydrogen) atoms. The summed E-state index contributed by atoms with van der Waals surface area (Å²) >= 11 is 0. The lowest BCUT2D eigenvalue weighted by atomic mass is 10.1. The first-order valence-electron chi connectivity index (χ1n) is 7.85. The van der Waals surface area contributed by atoms with E-state index in [1.807, 2.05) is 30.3 Å². The molecule has 1 aromatic carbocycles. The molecule has 1 saturated heterocycles. The third kappa shape index (κ3) is 2.47. The van der Waals surface area contributed by atoms with Gasteiger partial charge in [-0.2, -0.15) is 0 Å². The number of rotatable bonds is 5. The van der Waals surface area contributed by atoms with Crippen molar-refractivity contribution in [1.82, 2.24) is 10.2 Å². The molecular weight excluding hydrogens is 248 g/mol. The van der Waals surface area contributed by atoms with Crippen molar-refractivity contribution < 1.29 is 4.79 Å². The van der Waals surface area contributed by atoms with Crippen molar-refractivity contribution in [3.63, 3.8) is 0 Å². The second-order valence-corrected chi connectivity index (χ2v) is 6.14. The average molecular weight is 272 g/mol. The molecule has 108 valence electrons. The Kier molecular flexibility index (Phi) is 3.79. The number of hydrogen-bond donors (Lipinski definition) is 1. The van der Waals surface area contributed by atoms with Crippen molar-refractivity contribution in [1.29, 1.82) is 0 Å². The summed E-state index contributed by atoms with van der Waals surface area (Å²) in [6, 6.07) is 10.3. The Labute approximate surface area is 121 Å². The van der Waals surface area contributed by atoms with Crippen LogP contribution in [0.2, 0.25) is 0 Å². The van der Waals surface area contributed by atoms with Crippen molar-refractivity contribution in [3.8, 4) is 0 Å². The molecule has 1 N–H and O–H groups in total. The number of carbonyl (C=O) groups excluding carboxylic acids is 1. The smallest absolute Gasteiger partial charge is 0.245 e. The molecule has 0 spiro atoms. The zero-order chi connectivity index (χ0) is 14.1. The van der Waals surface area contributed by atoms with E-state index in [-0.39, 0.29) is 18.1 Å². The predicted octanol–water partition coefficient (Wildman–Crippen LogP) is 3.08. The average Bonchev–Trinajstić information content (AvgIpc) is 3.25. The maximum Gasteiger partial charge on any atom is 0.245 e. The van der Waals surface area contributed by atoms with Gasteiger partial charge >= 0.3 is 0 Å². The van der Waals surface area contributed by atoms with Gasteiger partial charge < -0.3 is 4.90 Å². The number of hydrogen-bond acceptors (Lipinski definition) is 2. The van der Waals surface area contributed by atoms with Gasteiger partial charge in [-0.1, -0.05) is 43.7 Å². The highest BCUT2D eigenvalue weighted by Crippen LogP contribution is 2.39. The molecule has 3 atom stereocenters. The Bertz CT molecular complexity index is 469. The predicted molar refractivity (Wildman–Crippen MR) is 80.0 cm³/mol. The fraction of sp³-hybridized carbons (Fsp3) is 0.588. The topological polar surface area (TPSA) is 32.3 Å². The third-order valence-corrected chi connectivity index (χ3v) is 4.63. The SMILES string of the molecule is CCCC1NC(c2ccccc2)C(=O)N1C(C)C1CC1. The second kappa shape index (κ2) is 5.57. The number of carbonyl (C=O) groups is 1. The summed E-state index contributed by atoms with van der Waals surface area (Å²) in [5.41, 5.74) is 1.09. The van der Waals surface area contributed by atoms with Gasteiger partial charge in [0.05, 0.1) is 6.17 Å². The molecule has 0 radical (unpaired) electrons. The van der Waals surface area contributed by atoms with E-state index in [4.69, 9.17) is 0 Å². The van der Waals surface area contributed by atoms with Gasteiger partial charge in [-0.05, 0) is 37.7 Å². The van der Waals surface area contributed by atoms with Crippen LogP contribution in [-0.2, 0) is 4.79 Å². The molecule has 0 aromatic heterocycles. The Hall–Kier alpha value is -1.35. The summed E-state index contributed by atoms with van der Waals surface area (Å²) in [6.45, 7) is 4.40. The van der Waals surface area contributed by atoms with Crippen LogP contribution in [0, 0.1) is 5.92 Å². The molecule has 1 amide bonds. The number of benzene rings is 1. The minimum absolute atomic E-state index is 0.158. The van der Waals surface area contributed by atoms with E-state index in [0.717, 1.165) is 24.3 Å². The molecular formula is C17H24N2O. The van der Waals surface area contributed by atoms with E-state index in [2.05, 4.69) is 24.1 Å². The van der Waals surface area contributed by atoms with Gasteiger partial charge in [-0.25, -0.2) is 0 Å². The Morgan fingerprint density at radius 2 is 2.00 bits per heavy atom. The first kappa shape index (κ1) is 13.6. The lowest BCUT2D eigenvalue weighted by Crippen LogP contribution is -2.44. The maximum atomic E-state index is 12.8. The minimum atomic E-state index is -0.158. The van der Waals surface area contributed by atoms with Crippen molar-refractivity contribution in [2.75, 3.05) is 0 Å². The number of nitrogens with one attached hydrogen (secondary N) is 1. The molecule has 1 saturated carbocycles. The number of amides is 1. The molecule has 1 heterocycles. The molecule has 0 bridgehead atoms. The molecule has 3 nitrogen and oxygen atoms in total. The van der Waals surface area contributed by atoms with Crippen LogP contribution in [0.3, 0.4) is 0 Å². The molecule has 3 unspecified atom stereocenters. The summed E-state index contributed by atoms with van der Waals surface area (Å²) in [4.78, 5) is 15.0. The van der Waals surface area contributed by atoms with Crippen LogP contribution in [0.1, 0.15) is 51.1 Å². The summed E-state index contributed by atoms with van der Waals surface area (Å²) < 4.78 is 0. The molecule has 3 rings (SSSR count). The van der Waals surface area contributed by atoms with E-state index in [0.29, 0.717) is 6.04 Å². The van der Waals surface area contributed by atoms with Gasteiger partial charge in [0.1, 0.15) is 6.04 Å². The molecule has 1 aromatic rings. The standard InChI is InChI=1S/C17H24N2O/c1-3-7-15-18-16(14-8-5-4-6-9-14)17(20)19(15)12(2)13-10-11-13/h4-6,8-9,12-13,15-16,18H,3,7,10-11H2,1-2H3. The van der Waals surface area contributed by atoms with Crippen LogP contribution < -0.4 is 5.32 Å². The second-order valence-electron chi connectivity index (χ2n) is 6.14. The van der Waals surface area contributed by atoms with E-state index in [9.17, 15) is 4.79 Å². The Balaban J connectivity index is 1.83. The third-order valence-electron chi connectivity index (χ3n) is 4.63. The minimum Gasteiger partial charge on any atom is -0.323 e. The van der Waals surface area contributed by atoms with Gasteiger partial charge in [0.25, 0.3) is 0 Å². The lowest BCUT2D eigenvalue weighted by Gasteiger charge is -2.30. The van der Waals surface area contributed by atoms with Crippen LogP contribution in [0.4, 0.5) is 0 Å². The first-order valence-corrected chi connectivity index (χ1v) is 7.85. The highest BCUT2D eigenvalue weighted by Gasteiger charge is 2.45. The first-order chi connectivity index (χ1) is 9.72. The van der Waals surface area contributed by atoms with E-state index in [1.54, 1.807) is 0 Å². The summed E-state index contributed by atoms with van der Waals surface area (Å²) in [5, 5.41) is 3.55. The molecule has 2 fully saturated rings. The van der Waals surface area contributed by atoms with E-state index in [1.165, 1.54) is 12.8 Å². The normalized spacial score (nSPS) is 27.9. The summed E-state index contributed by atoms with van der Waals surface area (Å²) in [6.07, 6.45) is 4.89. The van der Waals surface area contributed by atoms with Crippen LogP contribution >= 0.6 is 0 Å². The van der Waals surface area contributed by atoms with Crippen LogP contribution in [0.25, 0.3) is 0 Å². The van der Waals surface area contributed by atoms with Crippen LogP contribution in [-0.4, -0.2) is 23.0 Å². The fourth-order valence-electron chi connectivity index (χ4n) is 3.32. The van der Waals surface area contributed by atoms with Gasteiger partial charge in [0, 0.05) is 6.04 Å². The quantitative estimate of drug-likeness (QED) is 0.893. The van der Waals surface area contributed by atoms with Crippen molar-refractivity contribution in [2.45, 2.75) is 57.8 Å². The van der Waals surface area contributed by atoms with Gasteiger partial charge in [0.15, 0.2) is 0 Å². The zero-order valence-corrected chi connectivity index (χ0v) is 12.4. The van der Waals surface area contributed by atoms with Crippen LogP contribution in [0.15, 0.2) is 30.3 Å². The van der Waals surface area contributed by atoms with Crippen LogP contribution in [0.5, 0.6) is 0 Å². The molecule has 3 heteroatoms. The molecule has 2 aliphatic rings. The van der Waals surface area contributed by atoms with Gasteiger partial charge in [-0.3, -0.25) is 10.1 Å². The molecule has 1 aliphatic heterocycles. The zero-order valence-electron chi connectivity index (χ0n) is 12.4. The Morgan fingerprint density at radius 3 is 2.60 bits per heavy atom. The van der Waals surface area contributed by atoms with Gasteiger partial charge in [0.2, 0.25) is 5.91 Å². The largest absolute Gasteiger partial charge is 0.323 e. The number of nitrogens with zero attached hydrogens (tertiary/aromatic N) is 1. The lowest BCUT2D eigenvalue weighted by molar-refractivity contribution is -0.132. The van der Waals surface area contributed by atoms with Crippen molar-refractivity contribution in [3.05, 3.63) is 35.9 Å². The molecule has 1 aliphatic carbocycles. The van der Waals surface area contributed by atoms with Gasteiger partial charge in [-0.15, -0.1) is 0 Å². The Morgan fingerprint density at radius 1 is 1.30 bits per heavy atom. The van der Waals surface area contributed by atoms with Crippen molar-refractivity contribution >= 4 is 5.91 Å². The maximum absolute atomic E-state index is 12.8. The highest BCUT2D eigenvalue weighted by atomic mass is 16.2.